The molecule has 0 saturated heterocycles. The van der Waals surface area contributed by atoms with E-state index in [1.807, 2.05) is 24.3 Å². The lowest BCUT2D eigenvalue weighted by atomic mass is 10.1. The molecule has 0 fully saturated rings. The molecule has 0 aliphatic carbocycles. The van der Waals surface area contributed by atoms with Crippen molar-refractivity contribution >= 4 is 11.8 Å². The first-order valence-electron chi connectivity index (χ1n) is 8.45. The summed E-state index contributed by atoms with van der Waals surface area (Å²) in [6.45, 7) is 1.38. The molecule has 2 N–H and O–H groups in total. The summed E-state index contributed by atoms with van der Waals surface area (Å²) in [7, 11) is 1.64. The van der Waals surface area contributed by atoms with Gasteiger partial charge in [0, 0.05) is 32.2 Å². The number of amides is 2. The fraction of sp³-hybridized carbons (Fsp3) is 0.300. The third kappa shape index (κ3) is 6.64. The molecule has 0 aromatic heterocycles. The molecule has 0 radical (unpaired) electrons. The largest absolute Gasteiger partial charge is 0.380 e. The minimum Gasteiger partial charge on any atom is -0.380 e. The molecule has 2 aromatic carbocycles. The zero-order chi connectivity index (χ0) is 18.8. The fourth-order valence-corrected chi connectivity index (χ4v) is 2.44. The van der Waals surface area contributed by atoms with Crippen molar-refractivity contribution in [3.8, 4) is 0 Å². The van der Waals surface area contributed by atoms with Gasteiger partial charge in [-0.15, -0.1) is 0 Å². The second-order valence-electron chi connectivity index (χ2n) is 5.90. The van der Waals surface area contributed by atoms with Crippen LogP contribution in [0, 0.1) is 5.82 Å². The van der Waals surface area contributed by atoms with Crippen molar-refractivity contribution in [2.45, 2.75) is 26.0 Å². The summed E-state index contributed by atoms with van der Waals surface area (Å²) in [6, 6.07) is 13.2. The van der Waals surface area contributed by atoms with Crippen molar-refractivity contribution in [2.75, 3.05) is 13.7 Å². The Bertz CT molecular complexity index is 732. The number of carbonyl (C=O) groups excluding carboxylic acids is 2. The van der Waals surface area contributed by atoms with Gasteiger partial charge in [-0.1, -0.05) is 24.3 Å². The third-order valence-electron chi connectivity index (χ3n) is 3.76. The van der Waals surface area contributed by atoms with E-state index in [-0.39, 0.29) is 17.6 Å². The van der Waals surface area contributed by atoms with Gasteiger partial charge in [0.15, 0.2) is 0 Å². The zero-order valence-corrected chi connectivity index (χ0v) is 14.8. The van der Waals surface area contributed by atoms with Crippen LogP contribution in [0.4, 0.5) is 4.39 Å². The van der Waals surface area contributed by atoms with Crippen LogP contribution in [0.25, 0.3) is 0 Å². The number of carbonyl (C=O) groups is 2. The number of hydrogen-bond acceptors (Lipinski definition) is 3. The van der Waals surface area contributed by atoms with Crippen molar-refractivity contribution in [3.63, 3.8) is 0 Å². The second-order valence-corrected chi connectivity index (χ2v) is 5.90. The third-order valence-corrected chi connectivity index (χ3v) is 3.76. The Balaban J connectivity index is 1.65. The van der Waals surface area contributed by atoms with Crippen LogP contribution < -0.4 is 10.6 Å². The summed E-state index contributed by atoms with van der Waals surface area (Å²) in [5, 5.41) is 5.57. The molecule has 0 atom stereocenters. The Morgan fingerprint density at radius 1 is 1.04 bits per heavy atom. The molecule has 0 aliphatic heterocycles. The van der Waals surface area contributed by atoms with Gasteiger partial charge in [0.2, 0.25) is 5.91 Å². The van der Waals surface area contributed by atoms with Crippen LogP contribution in [0.1, 0.15) is 34.3 Å². The van der Waals surface area contributed by atoms with Crippen LogP contribution in [0.2, 0.25) is 0 Å². The Kier molecular flexibility index (Phi) is 7.76. The first-order valence-corrected chi connectivity index (χ1v) is 8.45. The number of methoxy groups -OCH3 is 1. The standard InChI is InChI=1S/C20H23FN2O3/c1-26-14-16-5-2-4-15(12-16)13-23-19(24)6-3-11-22-20(25)17-7-9-18(21)10-8-17/h2,4-5,7-10,12H,3,6,11,13-14H2,1H3,(H,22,25)(H,23,24). The first-order chi connectivity index (χ1) is 12.6. The van der Waals surface area contributed by atoms with Gasteiger partial charge in [0.1, 0.15) is 5.82 Å². The van der Waals surface area contributed by atoms with Crippen LogP contribution in [0.5, 0.6) is 0 Å². The molecular weight excluding hydrogens is 335 g/mol. The molecule has 6 heteroatoms. The fourth-order valence-electron chi connectivity index (χ4n) is 2.44. The van der Waals surface area contributed by atoms with Gasteiger partial charge in [-0.3, -0.25) is 9.59 Å². The Hall–Kier alpha value is -2.73. The minimum atomic E-state index is -0.383. The highest BCUT2D eigenvalue weighted by Crippen LogP contribution is 2.06. The molecule has 0 aliphatic rings. The number of benzene rings is 2. The number of nitrogens with one attached hydrogen (secondary N) is 2. The molecule has 0 bridgehead atoms. The summed E-state index contributed by atoms with van der Waals surface area (Å²) in [6.07, 6.45) is 0.851. The van der Waals surface area contributed by atoms with Crippen LogP contribution >= 0.6 is 0 Å². The van der Waals surface area contributed by atoms with E-state index in [2.05, 4.69) is 10.6 Å². The average molecular weight is 358 g/mol. The maximum Gasteiger partial charge on any atom is 0.251 e. The van der Waals surface area contributed by atoms with E-state index < -0.39 is 0 Å². The summed E-state index contributed by atoms with van der Waals surface area (Å²) in [4.78, 5) is 23.7. The zero-order valence-electron chi connectivity index (χ0n) is 14.8. The van der Waals surface area contributed by atoms with Gasteiger partial charge in [0.05, 0.1) is 6.61 Å². The van der Waals surface area contributed by atoms with Crippen molar-refractivity contribution in [3.05, 3.63) is 71.0 Å². The van der Waals surface area contributed by atoms with Crippen LogP contribution in [-0.2, 0) is 22.7 Å². The molecule has 0 spiro atoms. The lowest BCUT2D eigenvalue weighted by Gasteiger charge is -2.08. The lowest BCUT2D eigenvalue weighted by Crippen LogP contribution is -2.27. The number of hydrogen-bond donors (Lipinski definition) is 2. The van der Waals surface area contributed by atoms with Crippen LogP contribution in [-0.4, -0.2) is 25.5 Å². The van der Waals surface area contributed by atoms with Gasteiger partial charge < -0.3 is 15.4 Å². The highest BCUT2D eigenvalue weighted by atomic mass is 19.1. The SMILES string of the molecule is COCc1cccc(CNC(=O)CCCNC(=O)c2ccc(F)cc2)c1. The topological polar surface area (TPSA) is 67.4 Å². The smallest absolute Gasteiger partial charge is 0.251 e. The maximum atomic E-state index is 12.8. The predicted octanol–water partition coefficient (Wildman–Crippen LogP) is 2.80. The normalized spacial score (nSPS) is 10.4. The molecule has 5 nitrogen and oxygen atoms in total. The van der Waals surface area contributed by atoms with Crippen molar-refractivity contribution < 1.29 is 18.7 Å². The van der Waals surface area contributed by atoms with Gasteiger partial charge >= 0.3 is 0 Å². The van der Waals surface area contributed by atoms with E-state index in [1.54, 1.807) is 7.11 Å². The predicted molar refractivity (Wildman–Crippen MR) is 97.0 cm³/mol. The Morgan fingerprint density at radius 3 is 2.50 bits per heavy atom. The molecule has 2 aromatic rings. The van der Waals surface area contributed by atoms with Gasteiger partial charge in [-0.05, 0) is 41.8 Å². The molecular formula is C20H23FN2O3. The molecule has 0 saturated carbocycles. The van der Waals surface area contributed by atoms with E-state index in [1.165, 1.54) is 24.3 Å². The molecule has 138 valence electrons. The molecule has 0 unspecified atom stereocenters. The summed E-state index contributed by atoms with van der Waals surface area (Å²) in [5.74, 6) is -0.732. The van der Waals surface area contributed by atoms with E-state index in [0.29, 0.717) is 38.1 Å². The average Bonchev–Trinajstić information content (AvgIpc) is 2.64. The van der Waals surface area contributed by atoms with Crippen LogP contribution in [0.15, 0.2) is 48.5 Å². The number of ether oxygens (including phenoxy) is 1. The minimum absolute atomic E-state index is 0.0711. The Morgan fingerprint density at radius 2 is 1.77 bits per heavy atom. The molecule has 2 rings (SSSR count). The highest BCUT2D eigenvalue weighted by Gasteiger charge is 2.06. The molecule has 0 heterocycles. The van der Waals surface area contributed by atoms with E-state index in [4.69, 9.17) is 4.74 Å². The second kappa shape index (κ2) is 10.3. The quantitative estimate of drug-likeness (QED) is 0.678. The lowest BCUT2D eigenvalue weighted by molar-refractivity contribution is -0.121. The van der Waals surface area contributed by atoms with Gasteiger partial charge in [-0.2, -0.15) is 0 Å². The van der Waals surface area contributed by atoms with E-state index >= 15 is 0 Å². The number of halogens is 1. The van der Waals surface area contributed by atoms with Crippen LogP contribution in [0.3, 0.4) is 0 Å². The van der Waals surface area contributed by atoms with Crippen molar-refractivity contribution in [2.24, 2.45) is 0 Å². The highest BCUT2D eigenvalue weighted by molar-refractivity contribution is 5.94. The van der Waals surface area contributed by atoms with Gasteiger partial charge in [-0.25, -0.2) is 4.39 Å². The maximum absolute atomic E-state index is 12.8. The molecule has 26 heavy (non-hydrogen) atoms. The first kappa shape index (κ1) is 19.6. The molecule has 2 amide bonds. The monoisotopic (exact) mass is 358 g/mol. The summed E-state index contributed by atoms with van der Waals surface area (Å²) < 4.78 is 17.9. The van der Waals surface area contributed by atoms with Crippen molar-refractivity contribution in [1.29, 1.82) is 0 Å². The van der Waals surface area contributed by atoms with E-state index in [9.17, 15) is 14.0 Å². The summed E-state index contributed by atoms with van der Waals surface area (Å²) in [5.41, 5.74) is 2.46. The number of rotatable bonds is 9. The van der Waals surface area contributed by atoms with Gasteiger partial charge in [0.25, 0.3) is 5.91 Å². The van der Waals surface area contributed by atoms with E-state index in [0.717, 1.165) is 11.1 Å². The summed E-state index contributed by atoms with van der Waals surface area (Å²) >= 11 is 0. The Labute approximate surface area is 152 Å². The van der Waals surface area contributed by atoms with Crippen molar-refractivity contribution in [1.82, 2.24) is 10.6 Å².